The second-order valence-corrected chi connectivity index (χ2v) is 10.5. The average Bonchev–Trinajstić information content (AvgIpc) is 2.79. The van der Waals surface area contributed by atoms with Crippen LogP contribution in [0.15, 0.2) is 59.6 Å². The number of anilines is 1. The number of nitrogens with one attached hydrogen (secondary N) is 2. The van der Waals surface area contributed by atoms with Gasteiger partial charge in [0.05, 0.1) is 26.1 Å². The molecule has 2 aromatic carbocycles. The number of aromatic nitrogens is 1. The Kier molecular flexibility index (Phi) is 7.67. The SMILES string of the molecule is COc1cc(C)ccc1Oc1ccc(NC(=O)c2ccc(OC)c(S(=O)(=O)NC(C)(C)C)c2)cn1. The first-order valence-corrected chi connectivity index (χ1v) is 12.2. The molecule has 0 bridgehead atoms. The first-order valence-electron chi connectivity index (χ1n) is 10.7. The summed E-state index contributed by atoms with van der Waals surface area (Å²) in [5, 5.41) is 2.71. The number of hydrogen-bond acceptors (Lipinski definition) is 7. The second-order valence-electron chi connectivity index (χ2n) is 8.82. The molecule has 1 heterocycles. The molecule has 0 saturated carbocycles. The van der Waals surface area contributed by atoms with Crippen LogP contribution in [0.4, 0.5) is 5.69 Å². The van der Waals surface area contributed by atoms with Crippen LogP contribution in [0.5, 0.6) is 23.1 Å². The van der Waals surface area contributed by atoms with Crippen LogP contribution in [-0.2, 0) is 10.0 Å². The monoisotopic (exact) mass is 499 g/mol. The minimum atomic E-state index is -3.93. The fourth-order valence-electron chi connectivity index (χ4n) is 3.18. The lowest BCUT2D eigenvalue weighted by Crippen LogP contribution is -2.40. The third-order valence-electron chi connectivity index (χ3n) is 4.68. The Morgan fingerprint density at radius 2 is 1.60 bits per heavy atom. The van der Waals surface area contributed by atoms with E-state index >= 15 is 0 Å². The first-order chi connectivity index (χ1) is 16.4. The Balaban J connectivity index is 1.78. The minimum absolute atomic E-state index is 0.128. The molecule has 3 rings (SSSR count). The van der Waals surface area contributed by atoms with E-state index in [0.29, 0.717) is 23.1 Å². The number of ether oxygens (including phenoxy) is 3. The summed E-state index contributed by atoms with van der Waals surface area (Å²) in [7, 11) is -1.00. The summed E-state index contributed by atoms with van der Waals surface area (Å²) in [6.45, 7) is 7.12. The van der Waals surface area contributed by atoms with Crippen LogP contribution >= 0.6 is 0 Å². The second kappa shape index (κ2) is 10.3. The Morgan fingerprint density at radius 3 is 2.20 bits per heavy atom. The van der Waals surface area contributed by atoms with Crippen LogP contribution in [-0.4, -0.2) is 39.1 Å². The van der Waals surface area contributed by atoms with Gasteiger partial charge in [0.25, 0.3) is 5.91 Å². The van der Waals surface area contributed by atoms with Crippen LogP contribution in [0.25, 0.3) is 0 Å². The number of rotatable bonds is 8. The summed E-state index contributed by atoms with van der Waals surface area (Å²) in [4.78, 5) is 16.9. The van der Waals surface area contributed by atoms with Gasteiger partial charge in [-0.05, 0) is 69.7 Å². The predicted molar refractivity (Wildman–Crippen MR) is 133 cm³/mol. The van der Waals surface area contributed by atoms with Crippen LogP contribution in [0.2, 0.25) is 0 Å². The zero-order valence-corrected chi connectivity index (χ0v) is 21.3. The molecule has 186 valence electrons. The van der Waals surface area contributed by atoms with E-state index < -0.39 is 21.5 Å². The number of pyridine rings is 1. The standard InChI is InChI=1S/C25H29N3O6S/c1-16-7-10-19(21(13-16)33-6)34-23-12-9-18(15-26-23)27-24(29)17-8-11-20(32-5)22(14-17)35(30,31)28-25(2,3)4/h7-15,28H,1-6H3,(H,27,29). The van der Waals surface area contributed by atoms with Gasteiger partial charge in [0.1, 0.15) is 10.6 Å². The molecule has 0 aliphatic rings. The zero-order chi connectivity index (χ0) is 25.8. The van der Waals surface area contributed by atoms with Gasteiger partial charge in [0.15, 0.2) is 11.5 Å². The first kappa shape index (κ1) is 26.0. The number of sulfonamides is 1. The Hall–Kier alpha value is -3.63. The van der Waals surface area contributed by atoms with Crippen LogP contribution < -0.4 is 24.2 Å². The quantitative estimate of drug-likeness (QED) is 0.468. The lowest BCUT2D eigenvalue weighted by molar-refractivity contribution is 0.102. The van der Waals surface area contributed by atoms with Gasteiger partial charge in [-0.1, -0.05) is 6.07 Å². The fourth-order valence-corrected chi connectivity index (χ4v) is 4.79. The third kappa shape index (κ3) is 6.71. The molecular weight excluding hydrogens is 470 g/mol. The smallest absolute Gasteiger partial charge is 0.255 e. The highest BCUT2D eigenvalue weighted by Gasteiger charge is 2.26. The highest BCUT2D eigenvalue weighted by molar-refractivity contribution is 7.89. The van der Waals surface area contributed by atoms with Crippen molar-refractivity contribution in [2.45, 2.75) is 38.1 Å². The lowest BCUT2D eigenvalue weighted by Gasteiger charge is -2.21. The summed E-state index contributed by atoms with van der Waals surface area (Å²) in [5.74, 6) is 1.04. The molecule has 1 amide bonds. The van der Waals surface area contributed by atoms with E-state index in [1.807, 2.05) is 19.1 Å². The molecule has 35 heavy (non-hydrogen) atoms. The van der Waals surface area contributed by atoms with E-state index in [9.17, 15) is 13.2 Å². The van der Waals surface area contributed by atoms with Crippen molar-refractivity contribution in [3.05, 3.63) is 65.9 Å². The van der Waals surface area contributed by atoms with Crippen molar-refractivity contribution in [2.24, 2.45) is 0 Å². The van der Waals surface area contributed by atoms with E-state index in [-0.39, 0.29) is 16.2 Å². The topological polar surface area (TPSA) is 116 Å². The molecule has 0 spiro atoms. The number of carbonyl (C=O) groups excluding carboxylic acids is 1. The number of benzene rings is 2. The molecule has 0 fully saturated rings. The number of amides is 1. The van der Waals surface area contributed by atoms with Gasteiger partial charge in [-0.2, -0.15) is 0 Å². The Morgan fingerprint density at radius 1 is 0.914 bits per heavy atom. The summed E-state index contributed by atoms with van der Waals surface area (Å²) in [5.41, 5.74) is 0.875. The van der Waals surface area contributed by atoms with E-state index in [1.54, 1.807) is 46.1 Å². The maximum atomic E-state index is 12.9. The number of hydrogen-bond donors (Lipinski definition) is 2. The predicted octanol–water partition coefficient (Wildman–Crippen LogP) is 4.53. The van der Waals surface area contributed by atoms with E-state index in [0.717, 1.165) is 5.56 Å². The van der Waals surface area contributed by atoms with Crippen molar-refractivity contribution in [3.63, 3.8) is 0 Å². The Bertz CT molecular complexity index is 1320. The minimum Gasteiger partial charge on any atom is -0.495 e. The van der Waals surface area contributed by atoms with Crippen molar-refractivity contribution in [3.8, 4) is 23.1 Å². The molecule has 3 aromatic rings. The summed E-state index contributed by atoms with van der Waals surface area (Å²) < 4.78 is 44.6. The van der Waals surface area contributed by atoms with Gasteiger partial charge in [0, 0.05) is 17.2 Å². The van der Waals surface area contributed by atoms with Crippen LogP contribution in [0, 0.1) is 6.92 Å². The summed E-state index contributed by atoms with van der Waals surface area (Å²) in [6, 6.07) is 13.0. The summed E-state index contributed by atoms with van der Waals surface area (Å²) >= 11 is 0. The molecule has 10 heteroatoms. The highest BCUT2D eigenvalue weighted by atomic mass is 32.2. The van der Waals surface area contributed by atoms with E-state index in [4.69, 9.17) is 14.2 Å². The third-order valence-corrected chi connectivity index (χ3v) is 6.46. The van der Waals surface area contributed by atoms with Crippen molar-refractivity contribution >= 4 is 21.6 Å². The number of methoxy groups -OCH3 is 2. The molecule has 2 N–H and O–H groups in total. The number of aryl methyl sites for hydroxylation is 1. The number of carbonyl (C=O) groups is 1. The van der Waals surface area contributed by atoms with Crippen molar-refractivity contribution in [1.82, 2.24) is 9.71 Å². The van der Waals surface area contributed by atoms with E-state index in [1.165, 1.54) is 31.5 Å². The molecule has 0 saturated heterocycles. The van der Waals surface area contributed by atoms with Gasteiger partial charge in [-0.15, -0.1) is 0 Å². The molecule has 0 atom stereocenters. The maximum absolute atomic E-state index is 12.9. The zero-order valence-electron chi connectivity index (χ0n) is 20.5. The molecular formula is C25H29N3O6S. The molecule has 0 unspecified atom stereocenters. The van der Waals surface area contributed by atoms with Gasteiger partial charge in [-0.3, -0.25) is 4.79 Å². The lowest BCUT2D eigenvalue weighted by atomic mass is 10.1. The molecule has 0 aliphatic heterocycles. The normalized spacial score (nSPS) is 11.6. The largest absolute Gasteiger partial charge is 0.495 e. The molecule has 1 aromatic heterocycles. The van der Waals surface area contributed by atoms with Gasteiger partial charge in [0.2, 0.25) is 15.9 Å². The van der Waals surface area contributed by atoms with Crippen molar-refractivity contribution in [1.29, 1.82) is 0 Å². The highest BCUT2D eigenvalue weighted by Crippen LogP contribution is 2.32. The van der Waals surface area contributed by atoms with E-state index in [2.05, 4.69) is 15.0 Å². The fraction of sp³-hybridized carbons (Fsp3) is 0.280. The van der Waals surface area contributed by atoms with Gasteiger partial charge < -0.3 is 19.5 Å². The maximum Gasteiger partial charge on any atom is 0.255 e. The van der Waals surface area contributed by atoms with Crippen LogP contribution in [0.3, 0.4) is 0 Å². The molecule has 0 aliphatic carbocycles. The molecule has 9 nitrogen and oxygen atoms in total. The van der Waals surface area contributed by atoms with Crippen molar-refractivity contribution in [2.75, 3.05) is 19.5 Å². The average molecular weight is 500 g/mol. The Labute approximate surface area is 205 Å². The van der Waals surface area contributed by atoms with Crippen LogP contribution in [0.1, 0.15) is 36.7 Å². The molecule has 0 radical (unpaired) electrons. The number of nitrogens with zero attached hydrogens (tertiary/aromatic N) is 1. The van der Waals surface area contributed by atoms with Crippen molar-refractivity contribution < 1.29 is 27.4 Å². The summed E-state index contributed by atoms with van der Waals surface area (Å²) in [6.07, 6.45) is 1.44. The van der Waals surface area contributed by atoms with Gasteiger partial charge in [-0.25, -0.2) is 18.1 Å². The van der Waals surface area contributed by atoms with Gasteiger partial charge >= 0.3 is 0 Å².